The molecule has 0 bridgehead atoms. The Morgan fingerprint density at radius 1 is 1.00 bits per heavy atom. The average molecular weight is 418 g/mol. The van der Waals surface area contributed by atoms with Crippen molar-refractivity contribution in [3.63, 3.8) is 0 Å². The van der Waals surface area contributed by atoms with Crippen molar-refractivity contribution in [2.45, 2.75) is 31.7 Å². The molecule has 3 aromatic rings. The van der Waals surface area contributed by atoms with Gasteiger partial charge in [-0.3, -0.25) is 4.79 Å². The number of aromatic nitrogens is 2. The van der Waals surface area contributed by atoms with E-state index in [1.165, 1.54) is 12.1 Å². The normalized spacial score (nSPS) is 20.1. The molecule has 6 heteroatoms. The first-order valence-corrected chi connectivity index (χ1v) is 11.5. The predicted octanol–water partition coefficient (Wildman–Crippen LogP) is 3.42. The molecule has 2 aliphatic rings. The summed E-state index contributed by atoms with van der Waals surface area (Å²) in [5.41, 5.74) is 4.49. The predicted molar refractivity (Wildman–Crippen MR) is 125 cm³/mol. The first-order valence-electron chi connectivity index (χ1n) is 11.5. The van der Waals surface area contributed by atoms with Crippen LogP contribution in [-0.2, 0) is 11.8 Å². The quantitative estimate of drug-likeness (QED) is 0.710. The smallest absolute Gasteiger partial charge is 0.239 e. The molecule has 0 unspecified atom stereocenters. The number of rotatable bonds is 3. The number of nitrogens with zero attached hydrogens (tertiary/aromatic N) is 4. The van der Waals surface area contributed by atoms with Gasteiger partial charge >= 0.3 is 0 Å². The van der Waals surface area contributed by atoms with Crippen molar-refractivity contribution in [1.29, 1.82) is 0 Å². The summed E-state index contributed by atoms with van der Waals surface area (Å²) in [6, 6.07) is 16.9. The first-order chi connectivity index (χ1) is 15.2. The molecule has 3 heterocycles. The number of carbonyl (C=O) groups is 1. The summed E-state index contributed by atoms with van der Waals surface area (Å²) in [5, 5.41) is 3.41. The summed E-state index contributed by atoms with van der Waals surface area (Å²) in [7, 11) is 2.08. The van der Waals surface area contributed by atoms with Gasteiger partial charge in [-0.2, -0.15) is 0 Å². The second kappa shape index (κ2) is 8.71. The number of nitrogens with one attached hydrogen (secondary N) is 1. The standard InChI is InChI=1S/C25H31N5O/c1-28-23-12-3-2-10-21(23)27-24(28)19-8-6-9-20(18-19)29-14-7-15-30(17-16-29)25(31)22-11-4-5-13-26-22/h2-3,6,8-10,12,18,22,26H,4-5,7,11,13-17H2,1H3/t22-/m0/s1. The molecular weight excluding hydrogens is 386 g/mol. The lowest BCUT2D eigenvalue weighted by Crippen LogP contribution is -2.49. The number of carbonyl (C=O) groups excluding carboxylic acids is 1. The van der Waals surface area contributed by atoms with Crippen LogP contribution in [0.15, 0.2) is 48.5 Å². The molecule has 0 aliphatic carbocycles. The van der Waals surface area contributed by atoms with E-state index in [-0.39, 0.29) is 11.9 Å². The van der Waals surface area contributed by atoms with E-state index in [4.69, 9.17) is 4.98 Å². The molecule has 0 saturated carbocycles. The van der Waals surface area contributed by atoms with Crippen LogP contribution in [-0.4, -0.2) is 59.1 Å². The lowest BCUT2D eigenvalue weighted by molar-refractivity contribution is -0.133. The van der Waals surface area contributed by atoms with Gasteiger partial charge in [0.2, 0.25) is 5.91 Å². The Hall–Kier alpha value is -2.86. The minimum atomic E-state index is 0.0150. The van der Waals surface area contributed by atoms with Gasteiger partial charge in [0.1, 0.15) is 5.82 Å². The van der Waals surface area contributed by atoms with Gasteiger partial charge in [-0.05, 0) is 50.1 Å². The van der Waals surface area contributed by atoms with Crippen LogP contribution < -0.4 is 10.2 Å². The molecule has 162 valence electrons. The summed E-state index contributed by atoms with van der Waals surface area (Å²) in [5.74, 6) is 1.27. The van der Waals surface area contributed by atoms with Gasteiger partial charge in [0.15, 0.2) is 0 Å². The van der Waals surface area contributed by atoms with E-state index in [0.29, 0.717) is 0 Å². The maximum absolute atomic E-state index is 12.9. The number of benzene rings is 2. The summed E-state index contributed by atoms with van der Waals surface area (Å²) in [6.45, 7) is 4.43. The highest BCUT2D eigenvalue weighted by molar-refractivity contribution is 5.82. The third-order valence-electron chi connectivity index (χ3n) is 6.67. The van der Waals surface area contributed by atoms with Gasteiger partial charge < -0.3 is 19.7 Å². The monoisotopic (exact) mass is 417 g/mol. The number of fused-ring (bicyclic) bond motifs is 1. The molecule has 1 amide bonds. The minimum Gasteiger partial charge on any atom is -0.370 e. The van der Waals surface area contributed by atoms with Crippen LogP contribution in [0, 0.1) is 0 Å². The highest BCUT2D eigenvalue weighted by Crippen LogP contribution is 2.27. The van der Waals surface area contributed by atoms with Crippen LogP contribution in [0.3, 0.4) is 0 Å². The Balaban J connectivity index is 1.33. The van der Waals surface area contributed by atoms with E-state index in [1.54, 1.807) is 0 Å². The Kier molecular flexibility index (Phi) is 5.64. The molecule has 2 aliphatic heterocycles. The molecule has 2 saturated heterocycles. The summed E-state index contributed by atoms with van der Waals surface area (Å²) < 4.78 is 2.16. The van der Waals surface area contributed by atoms with Gasteiger partial charge in [-0.15, -0.1) is 0 Å². The maximum Gasteiger partial charge on any atom is 0.239 e. The number of amides is 1. The number of hydrogen-bond acceptors (Lipinski definition) is 4. The van der Waals surface area contributed by atoms with Crippen LogP contribution in [0.25, 0.3) is 22.4 Å². The van der Waals surface area contributed by atoms with Crippen LogP contribution >= 0.6 is 0 Å². The number of imidazole rings is 1. The van der Waals surface area contributed by atoms with Crippen LogP contribution in [0.2, 0.25) is 0 Å². The molecule has 2 aromatic carbocycles. The molecule has 1 aromatic heterocycles. The van der Waals surface area contributed by atoms with Gasteiger partial charge in [0.25, 0.3) is 0 Å². The minimum absolute atomic E-state index is 0.0150. The molecule has 0 spiro atoms. The van der Waals surface area contributed by atoms with Crippen LogP contribution in [0.1, 0.15) is 25.7 Å². The lowest BCUT2D eigenvalue weighted by atomic mass is 10.0. The number of anilines is 1. The van der Waals surface area contributed by atoms with Gasteiger partial charge in [0.05, 0.1) is 17.1 Å². The van der Waals surface area contributed by atoms with Crippen LogP contribution in [0.4, 0.5) is 5.69 Å². The van der Waals surface area contributed by atoms with E-state index < -0.39 is 0 Å². The van der Waals surface area contributed by atoms with Crippen molar-refractivity contribution >= 4 is 22.6 Å². The largest absolute Gasteiger partial charge is 0.370 e. The van der Waals surface area contributed by atoms with E-state index in [2.05, 4.69) is 69.2 Å². The van der Waals surface area contributed by atoms with Gasteiger partial charge in [-0.25, -0.2) is 4.98 Å². The SMILES string of the molecule is Cn1c(-c2cccc(N3CCCN(C(=O)[C@@H]4CCCCN4)CC3)c2)nc2ccccc21. The maximum atomic E-state index is 12.9. The van der Waals surface area contributed by atoms with Crippen molar-refractivity contribution in [2.75, 3.05) is 37.6 Å². The Bertz CT molecular complexity index is 1070. The number of hydrogen-bond donors (Lipinski definition) is 1. The molecular formula is C25H31N5O. The molecule has 2 fully saturated rings. The van der Waals surface area contributed by atoms with E-state index in [0.717, 1.165) is 74.4 Å². The zero-order valence-electron chi connectivity index (χ0n) is 18.3. The number of para-hydroxylation sites is 2. The average Bonchev–Trinajstić information content (AvgIpc) is 2.99. The number of aryl methyl sites for hydroxylation is 1. The zero-order valence-corrected chi connectivity index (χ0v) is 18.3. The van der Waals surface area contributed by atoms with Crippen LogP contribution in [0.5, 0.6) is 0 Å². The molecule has 6 nitrogen and oxygen atoms in total. The fraction of sp³-hybridized carbons (Fsp3) is 0.440. The molecule has 1 atom stereocenters. The summed E-state index contributed by atoms with van der Waals surface area (Å²) in [6.07, 6.45) is 4.30. The Morgan fingerprint density at radius 2 is 1.90 bits per heavy atom. The van der Waals surface area contributed by atoms with Crippen molar-refractivity contribution in [1.82, 2.24) is 19.8 Å². The van der Waals surface area contributed by atoms with Crippen molar-refractivity contribution in [3.05, 3.63) is 48.5 Å². The molecule has 1 N–H and O–H groups in total. The fourth-order valence-corrected chi connectivity index (χ4v) is 4.92. The van der Waals surface area contributed by atoms with Crippen molar-refractivity contribution in [2.24, 2.45) is 7.05 Å². The highest BCUT2D eigenvalue weighted by atomic mass is 16.2. The van der Waals surface area contributed by atoms with E-state index in [1.807, 2.05) is 6.07 Å². The zero-order chi connectivity index (χ0) is 21.2. The first kappa shape index (κ1) is 20.1. The van der Waals surface area contributed by atoms with E-state index >= 15 is 0 Å². The van der Waals surface area contributed by atoms with Crippen molar-refractivity contribution < 1.29 is 4.79 Å². The molecule has 31 heavy (non-hydrogen) atoms. The third-order valence-corrected chi connectivity index (χ3v) is 6.67. The fourth-order valence-electron chi connectivity index (χ4n) is 4.92. The Labute approximate surface area is 183 Å². The third kappa shape index (κ3) is 4.04. The topological polar surface area (TPSA) is 53.4 Å². The second-order valence-electron chi connectivity index (χ2n) is 8.70. The lowest BCUT2D eigenvalue weighted by Gasteiger charge is -2.29. The summed E-state index contributed by atoms with van der Waals surface area (Å²) >= 11 is 0. The molecule has 5 rings (SSSR count). The molecule has 0 radical (unpaired) electrons. The Morgan fingerprint density at radius 3 is 2.74 bits per heavy atom. The van der Waals surface area contributed by atoms with E-state index in [9.17, 15) is 4.79 Å². The second-order valence-corrected chi connectivity index (χ2v) is 8.70. The van der Waals surface area contributed by atoms with Gasteiger partial charge in [-0.1, -0.05) is 30.7 Å². The summed E-state index contributed by atoms with van der Waals surface area (Å²) in [4.78, 5) is 22.3. The number of piperidine rings is 1. The van der Waals surface area contributed by atoms with Crippen molar-refractivity contribution in [3.8, 4) is 11.4 Å². The highest BCUT2D eigenvalue weighted by Gasteiger charge is 2.27. The van der Waals surface area contributed by atoms with Gasteiger partial charge in [0, 0.05) is 44.5 Å².